The lowest BCUT2D eigenvalue weighted by Gasteiger charge is -2.37. The third-order valence-electron chi connectivity index (χ3n) is 2.76. The lowest BCUT2D eigenvalue weighted by Crippen LogP contribution is -2.48. The molecule has 1 saturated heterocycles. The third-order valence-corrected chi connectivity index (χ3v) is 2.76. The van der Waals surface area contributed by atoms with Crippen LogP contribution in [0.3, 0.4) is 0 Å². The highest BCUT2D eigenvalue weighted by Crippen LogP contribution is 2.16. The molecule has 0 bridgehead atoms. The molecule has 0 aromatic rings. The molecule has 1 rings (SSSR count). The van der Waals surface area contributed by atoms with Gasteiger partial charge in [-0.15, -0.1) is 0 Å². The molecule has 78 valence electrons. The SMILES string of the molecule is C[N+]1(CCC(=O)O)CCCCC1.[OH-]. The van der Waals surface area contributed by atoms with Crippen LogP contribution in [0.5, 0.6) is 0 Å². The second kappa shape index (κ2) is 5.19. The summed E-state index contributed by atoms with van der Waals surface area (Å²) in [4.78, 5) is 10.4. The summed E-state index contributed by atoms with van der Waals surface area (Å²) in [7, 11) is 2.17. The number of carbonyl (C=O) groups is 1. The predicted molar refractivity (Wildman–Crippen MR) is 48.8 cm³/mol. The van der Waals surface area contributed by atoms with Crippen LogP contribution in [-0.4, -0.2) is 47.7 Å². The first-order valence-corrected chi connectivity index (χ1v) is 4.68. The molecule has 0 aromatic carbocycles. The number of likely N-dealkylation sites (tertiary alicyclic amines) is 1. The van der Waals surface area contributed by atoms with Crippen molar-refractivity contribution in [3.05, 3.63) is 0 Å². The minimum Gasteiger partial charge on any atom is -0.870 e. The van der Waals surface area contributed by atoms with Crippen LogP contribution in [0, 0.1) is 0 Å². The average Bonchev–Trinajstić information content (AvgIpc) is 2.03. The van der Waals surface area contributed by atoms with Crippen molar-refractivity contribution in [1.82, 2.24) is 0 Å². The van der Waals surface area contributed by atoms with Crippen molar-refractivity contribution in [2.45, 2.75) is 25.7 Å². The summed E-state index contributed by atoms with van der Waals surface area (Å²) >= 11 is 0. The molecule has 0 spiro atoms. The van der Waals surface area contributed by atoms with Crippen molar-refractivity contribution in [3.63, 3.8) is 0 Å². The lowest BCUT2D eigenvalue weighted by molar-refractivity contribution is -0.913. The van der Waals surface area contributed by atoms with Crippen LogP contribution in [0.2, 0.25) is 0 Å². The van der Waals surface area contributed by atoms with Gasteiger partial charge in [0.25, 0.3) is 0 Å². The van der Waals surface area contributed by atoms with E-state index in [1.165, 1.54) is 19.3 Å². The fourth-order valence-corrected chi connectivity index (χ4v) is 1.86. The maximum Gasteiger partial charge on any atom is 0.309 e. The van der Waals surface area contributed by atoms with Crippen molar-refractivity contribution >= 4 is 5.97 Å². The quantitative estimate of drug-likeness (QED) is 0.671. The second-order valence-corrected chi connectivity index (χ2v) is 3.99. The number of hydrogen-bond donors (Lipinski definition) is 1. The van der Waals surface area contributed by atoms with E-state index in [-0.39, 0.29) is 5.48 Å². The Kier molecular flexibility index (Phi) is 4.95. The van der Waals surface area contributed by atoms with E-state index in [1.807, 2.05) is 0 Å². The first-order valence-electron chi connectivity index (χ1n) is 4.68. The van der Waals surface area contributed by atoms with E-state index in [0.29, 0.717) is 6.42 Å². The normalized spacial score (nSPS) is 20.4. The molecule has 1 aliphatic rings. The van der Waals surface area contributed by atoms with Gasteiger partial charge in [-0.1, -0.05) is 0 Å². The number of piperidine rings is 1. The predicted octanol–water partition coefficient (Wildman–Crippen LogP) is 0.915. The van der Waals surface area contributed by atoms with E-state index in [2.05, 4.69) is 7.05 Å². The Morgan fingerprint density at radius 1 is 1.31 bits per heavy atom. The number of hydrogen-bond acceptors (Lipinski definition) is 2. The maximum atomic E-state index is 10.4. The number of nitrogens with zero attached hydrogens (tertiary/aromatic N) is 1. The maximum absolute atomic E-state index is 10.4. The van der Waals surface area contributed by atoms with Gasteiger partial charge in [0.1, 0.15) is 0 Å². The molecule has 1 aliphatic heterocycles. The van der Waals surface area contributed by atoms with Gasteiger partial charge in [-0.2, -0.15) is 0 Å². The van der Waals surface area contributed by atoms with Gasteiger partial charge < -0.3 is 15.1 Å². The topological polar surface area (TPSA) is 67.3 Å². The number of carboxylic acid groups (broad SMARTS) is 1. The van der Waals surface area contributed by atoms with E-state index in [4.69, 9.17) is 5.11 Å². The summed E-state index contributed by atoms with van der Waals surface area (Å²) in [5.41, 5.74) is 0. The molecule has 4 nitrogen and oxygen atoms in total. The largest absolute Gasteiger partial charge is 0.870 e. The van der Waals surface area contributed by atoms with E-state index < -0.39 is 5.97 Å². The smallest absolute Gasteiger partial charge is 0.309 e. The van der Waals surface area contributed by atoms with Gasteiger partial charge >= 0.3 is 5.97 Å². The Balaban J connectivity index is 0.00000144. The molecule has 1 heterocycles. The molecule has 4 heteroatoms. The molecule has 0 aliphatic carbocycles. The average molecular weight is 189 g/mol. The van der Waals surface area contributed by atoms with Crippen molar-refractivity contribution in [1.29, 1.82) is 0 Å². The molecule has 13 heavy (non-hydrogen) atoms. The van der Waals surface area contributed by atoms with Crippen LogP contribution in [0.15, 0.2) is 0 Å². The fraction of sp³-hybridized carbons (Fsp3) is 0.889. The van der Waals surface area contributed by atoms with Crippen molar-refractivity contribution in [3.8, 4) is 0 Å². The number of carboxylic acids is 1. The number of aliphatic carboxylic acids is 1. The summed E-state index contributed by atoms with van der Waals surface area (Å²) in [6.45, 7) is 3.12. The molecule has 0 amide bonds. The summed E-state index contributed by atoms with van der Waals surface area (Å²) in [6.07, 6.45) is 4.16. The Morgan fingerprint density at radius 3 is 2.31 bits per heavy atom. The van der Waals surface area contributed by atoms with E-state index >= 15 is 0 Å². The van der Waals surface area contributed by atoms with Crippen LogP contribution >= 0.6 is 0 Å². The first kappa shape index (κ1) is 12.4. The zero-order valence-electron chi connectivity index (χ0n) is 8.20. The Labute approximate surface area is 79.1 Å². The molecule has 0 radical (unpaired) electrons. The van der Waals surface area contributed by atoms with Crippen LogP contribution in [0.4, 0.5) is 0 Å². The van der Waals surface area contributed by atoms with Gasteiger partial charge in [0.2, 0.25) is 0 Å². The lowest BCUT2D eigenvalue weighted by atomic mass is 10.1. The summed E-state index contributed by atoms with van der Waals surface area (Å²) in [6, 6.07) is 0. The standard InChI is InChI=1S/C9H17NO2.H2O/c1-10(8-5-9(11)12)6-3-2-4-7-10;/h2-8H2,1H3;1H2. The van der Waals surface area contributed by atoms with Gasteiger partial charge in [-0.25, -0.2) is 0 Å². The number of quaternary nitrogens is 1. The first-order chi connectivity index (χ1) is 5.62. The molecule has 0 aromatic heterocycles. The van der Waals surface area contributed by atoms with Crippen LogP contribution in [-0.2, 0) is 4.79 Å². The van der Waals surface area contributed by atoms with Crippen molar-refractivity contribution < 1.29 is 19.9 Å². The minimum absolute atomic E-state index is 0. The van der Waals surface area contributed by atoms with Gasteiger partial charge in [-0.05, 0) is 19.3 Å². The van der Waals surface area contributed by atoms with Gasteiger partial charge in [0.05, 0.1) is 33.1 Å². The summed E-state index contributed by atoms with van der Waals surface area (Å²) in [5.74, 6) is -0.667. The molecule has 0 saturated carbocycles. The highest BCUT2D eigenvalue weighted by molar-refractivity contribution is 5.66. The molecule has 0 unspecified atom stereocenters. The van der Waals surface area contributed by atoms with Crippen molar-refractivity contribution in [2.75, 3.05) is 26.7 Å². The fourth-order valence-electron chi connectivity index (χ4n) is 1.86. The van der Waals surface area contributed by atoms with Crippen LogP contribution < -0.4 is 0 Å². The summed E-state index contributed by atoms with van der Waals surface area (Å²) < 4.78 is 0.965. The Hall–Kier alpha value is -0.610. The molecule has 1 fully saturated rings. The zero-order valence-corrected chi connectivity index (χ0v) is 8.20. The van der Waals surface area contributed by atoms with E-state index in [0.717, 1.165) is 24.1 Å². The Bertz CT molecular complexity index is 164. The van der Waals surface area contributed by atoms with Gasteiger partial charge in [0, 0.05) is 0 Å². The Morgan fingerprint density at radius 2 is 1.85 bits per heavy atom. The van der Waals surface area contributed by atoms with Gasteiger partial charge in [0.15, 0.2) is 0 Å². The third kappa shape index (κ3) is 4.24. The molecule has 2 N–H and O–H groups in total. The highest BCUT2D eigenvalue weighted by atomic mass is 16.4. The highest BCUT2D eigenvalue weighted by Gasteiger charge is 2.24. The monoisotopic (exact) mass is 189 g/mol. The van der Waals surface area contributed by atoms with Crippen LogP contribution in [0.25, 0.3) is 0 Å². The summed E-state index contributed by atoms with van der Waals surface area (Å²) in [5, 5.41) is 8.55. The van der Waals surface area contributed by atoms with E-state index in [9.17, 15) is 4.79 Å². The van der Waals surface area contributed by atoms with Crippen LogP contribution in [0.1, 0.15) is 25.7 Å². The minimum atomic E-state index is -0.667. The zero-order chi connectivity index (χ0) is 9.03. The van der Waals surface area contributed by atoms with E-state index in [1.54, 1.807) is 0 Å². The molecular weight excluding hydrogens is 170 g/mol. The molecule has 0 atom stereocenters. The number of rotatable bonds is 3. The molecular formula is C9H19NO3. The van der Waals surface area contributed by atoms with Crippen molar-refractivity contribution in [2.24, 2.45) is 0 Å². The van der Waals surface area contributed by atoms with Gasteiger partial charge in [-0.3, -0.25) is 4.79 Å². The second-order valence-electron chi connectivity index (χ2n) is 3.99.